The molecule has 0 saturated carbocycles. The summed E-state index contributed by atoms with van der Waals surface area (Å²) in [6.45, 7) is 12.5. The molecule has 4 rings (SSSR count). The van der Waals surface area contributed by atoms with E-state index in [2.05, 4.69) is 65.8 Å². The quantitative estimate of drug-likeness (QED) is 0.164. The number of phenolic OH excluding ortho intramolecular Hbond substituents is 2. The number of nitrogens with zero attached hydrogens (tertiary/aromatic N) is 2. The Bertz CT molecular complexity index is 1390. The summed E-state index contributed by atoms with van der Waals surface area (Å²) in [5.74, 6) is 0.489. The van der Waals surface area contributed by atoms with Crippen LogP contribution in [0.2, 0.25) is 0 Å². The maximum absolute atomic E-state index is 11.1. The van der Waals surface area contributed by atoms with Crippen molar-refractivity contribution >= 4 is 12.4 Å². The second kappa shape index (κ2) is 14.4. The van der Waals surface area contributed by atoms with Gasteiger partial charge >= 0.3 is 19.8 Å². The summed E-state index contributed by atoms with van der Waals surface area (Å²) in [5.41, 5.74) is 4.69. The van der Waals surface area contributed by atoms with Crippen LogP contribution in [0.5, 0.6) is 11.5 Å². The number of para-hydroxylation sites is 2. The summed E-state index contributed by atoms with van der Waals surface area (Å²) in [6.07, 6.45) is 3.51. The molecule has 0 amide bonds. The van der Waals surface area contributed by atoms with Crippen LogP contribution in [0.4, 0.5) is 0 Å². The Hall–Kier alpha value is -3.86. The summed E-state index contributed by atoms with van der Waals surface area (Å²) in [4.78, 5) is 10.1. The van der Waals surface area contributed by atoms with Crippen LogP contribution in [0.1, 0.15) is 87.0 Å². The maximum atomic E-state index is 11.1. The Labute approximate surface area is 258 Å². The van der Waals surface area contributed by atoms with Gasteiger partial charge in [0.2, 0.25) is 0 Å². The van der Waals surface area contributed by atoms with Crippen molar-refractivity contribution in [1.82, 2.24) is 0 Å². The number of benzene rings is 4. The first-order valence-electron chi connectivity index (χ1n) is 13.9. The molecule has 2 N–H and O–H groups in total. The molecule has 5 nitrogen and oxygen atoms in total. The predicted molar refractivity (Wildman–Crippen MR) is 168 cm³/mol. The summed E-state index contributed by atoms with van der Waals surface area (Å²) in [6, 6.07) is 31.0. The zero-order valence-electron chi connectivity index (χ0n) is 25.1. The topological polar surface area (TPSA) is 82.2 Å². The zero-order chi connectivity index (χ0) is 30.9. The SMILES string of the molecule is CC(C)(C)c1cccc(C=N[C@H](c2ccccc2)[C@H](N=Cc2cccc(C(C)(C)C)c2O)c2ccccc2)c1O.[O]=[Mn]. The fourth-order valence-corrected chi connectivity index (χ4v) is 4.86. The van der Waals surface area contributed by atoms with E-state index in [-0.39, 0.29) is 34.4 Å². The van der Waals surface area contributed by atoms with E-state index in [1.165, 1.54) is 0 Å². The van der Waals surface area contributed by atoms with Gasteiger partial charge in [0, 0.05) is 23.6 Å². The Morgan fingerprint density at radius 3 is 1.19 bits per heavy atom. The van der Waals surface area contributed by atoms with Crippen LogP contribution in [0, 0.1) is 0 Å². The molecule has 0 aliphatic rings. The van der Waals surface area contributed by atoms with Gasteiger partial charge in [-0.1, -0.05) is 126 Å². The van der Waals surface area contributed by atoms with Crippen molar-refractivity contribution in [1.29, 1.82) is 0 Å². The average molecular weight is 604 g/mol. The van der Waals surface area contributed by atoms with Gasteiger partial charge < -0.3 is 10.2 Å². The van der Waals surface area contributed by atoms with Crippen LogP contribution < -0.4 is 0 Å². The van der Waals surface area contributed by atoms with Crippen LogP contribution >= 0.6 is 0 Å². The van der Waals surface area contributed by atoms with Crippen LogP contribution in [0.3, 0.4) is 0 Å². The summed E-state index contributed by atoms with van der Waals surface area (Å²) < 4.78 is 8.06. The van der Waals surface area contributed by atoms with E-state index in [1.807, 2.05) is 72.8 Å². The van der Waals surface area contributed by atoms with Crippen LogP contribution in [-0.4, -0.2) is 22.6 Å². The van der Waals surface area contributed by atoms with E-state index in [0.717, 1.165) is 22.3 Å². The molecule has 4 aromatic carbocycles. The number of hydrogen-bond donors (Lipinski definition) is 2. The molecule has 0 radical (unpaired) electrons. The fraction of sp³-hybridized carbons (Fsp3) is 0.278. The van der Waals surface area contributed by atoms with Crippen LogP contribution in [-0.2, 0) is 30.6 Å². The van der Waals surface area contributed by atoms with Crippen molar-refractivity contribution in [3.05, 3.63) is 130 Å². The molecule has 6 heteroatoms. The molecule has 0 spiro atoms. The number of hydrogen-bond acceptors (Lipinski definition) is 5. The van der Waals surface area contributed by atoms with E-state index in [0.29, 0.717) is 11.1 Å². The third-order valence-electron chi connectivity index (χ3n) is 7.08. The van der Waals surface area contributed by atoms with E-state index >= 15 is 0 Å². The van der Waals surface area contributed by atoms with Gasteiger partial charge in [0.1, 0.15) is 23.6 Å². The summed E-state index contributed by atoms with van der Waals surface area (Å²) >= 11 is 1.69. The molecule has 0 aliphatic heterocycles. The molecule has 4 aromatic rings. The first-order valence-corrected chi connectivity index (χ1v) is 14.4. The fourth-order valence-electron chi connectivity index (χ4n) is 4.86. The Balaban J connectivity index is 0.00000237. The Morgan fingerprint density at radius 2 is 0.881 bits per heavy atom. The van der Waals surface area contributed by atoms with Gasteiger partial charge in [0.25, 0.3) is 0 Å². The molecule has 0 saturated heterocycles. The van der Waals surface area contributed by atoms with Crippen molar-refractivity contribution in [3.8, 4) is 11.5 Å². The Morgan fingerprint density at radius 1 is 0.548 bits per heavy atom. The van der Waals surface area contributed by atoms with Gasteiger partial charge in [-0.3, -0.25) is 9.98 Å². The Kier molecular flexibility index (Phi) is 11.2. The molecular weight excluding hydrogens is 563 g/mol. The van der Waals surface area contributed by atoms with E-state index in [1.54, 1.807) is 28.4 Å². The monoisotopic (exact) mass is 603 g/mol. The number of aliphatic imine (C=N–C) groups is 2. The standard InChI is InChI=1S/C36H40N2O2.Mn.O/c1-35(2,3)29-21-13-19-27(33(29)39)23-37-31(25-15-9-7-10-16-25)32(26-17-11-8-12-18-26)38-24-28-20-14-22-30(34(28)40)36(4,5)6;;/h7-24,31-32,39-40H,1-6H3;;/t31-,32-;;/m1../s1. The zero-order valence-corrected chi connectivity index (χ0v) is 26.3. The molecule has 0 aromatic heterocycles. The van der Waals surface area contributed by atoms with Crippen LogP contribution in [0.25, 0.3) is 0 Å². The molecule has 0 heterocycles. The van der Waals surface area contributed by atoms with E-state index < -0.39 is 0 Å². The van der Waals surface area contributed by atoms with Crippen molar-refractivity contribution in [3.63, 3.8) is 0 Å². The normalized spacial score (nSPS) is 13.5. The van der Waals surface area contributed by atoms with E-state index in [9.17, 15) is 10.2 Å². The number of rotatable bonds is 7. The predicted octanol–water partition coefficient (Wildman–Crippen LogP) is 8.59. The number of phenols is 2. The first kappa shape index (κ1) is 32.7. The molecule has 0 bridgehead atoms. The molecular formula is C36H40MnN2O3. The van der Waals surface area contributed by atoms with Crippen molar-refractivity contribution < 1.29 is 30.0 Å². The molecule has 219 valence electrons. The van der Waals surface area contributed by atoms with E-state index in [4.69, 9.17) is 13.8 Å². The van der Waals surface area contributed by atoms with Gasteiger partial charge in [-0.25, -0.2) is 0 Å². The van der Waals surface area contributed by atoms with Gasteiger partial charge in [0.15, 0.2) is 0 Å². The summed E-state index contributed by atoms with van der Waals surface area (Å²) in [7, 11) is 0. The third kappa shape index (κ3) is 8.12. The molecule has 0 unspecified atom stereocenters. The molecule has 2 atom stereocenters. The first-order chi connectivity index (χ1) is 20.0. The molecule has 42 heavy (non-hydrogen) atoms. The van der Waals surface area contributed by atoms with Gasteiger partial charge in [-0.05, 0) is 45.2 Å². The van der Waals surface area contributed by atoms with Gasteiger partial charge in [0.05, 0.1) is 0 Å². The molecule has 0 aliphatic carbocycles. The van der Waals surface area contributed by atoms with Crippen LogP contribution in [0.15, 0.2) is 107 Å². The van der Waals surface area contributed by atoms with Gasteiger partial charge in [-0.2, -0.15) is 0 Å². The van der Waals surface area contributed by atoms with Crippen molar-refractivity contribution in [2.24, 2.45) is 9.98 Å². The van der Waals surface area contributed by atoms with Crippen molar-refractivity contribution in [2.75, 3.05) is 0 Å². The summed E-state index contributed by atoms with van der Waals surface area (Å²) in [5, 5.41) is 22.2. The minimum absolute atomic E-state index is 0.201. The second-order valence-corrected chi connectivity index (χ2v) is 12.3. The number of aromatic hydroxyl groups is 2. The average Bonchev–Trinajstić information content (AvgIpc) is 2.97. The molecule has 0 fully saturated rings. The van der Waals surface area contributed by atoms with Crippen molar-refractivity contribution in [2.45, 2.75) is 64.5 Å². The second-order valence-electron chi connectivity index (χ2n) is 12.3. The van der Waals surface area contributed by atoms with Gasteiger partial charge in [-0.15, -0.1) is 0 Å². The third-order valence-corrected chi connectivity index (χ3v) is 7.08. The minimum atomic E-state index is -0.370.